The summed E-state index contributed by atoms with van der Waals surface area (Å²) in [6, 6.07) is 11.8. The molecule has 1 saturated carbocycles. The summed E-state index contributed by atoms with van der Waals surface area (Å²) in [4.78, 5) is 28.0. The lowest BCUT2D eigenvalue weighted by Gasteiger charge is -2.40. The first-order valence-electron chi connectivity index (χ1n) is 11.7. The molecule has 10 heteroatoms. The highest BCUT2D eigenvalue weighted by molar-refractivity contribution is 14.1. The van der Waals surface area contributed by atoms with Crippen LogP contribution in [-0.2, 0) is 16.1 Å². The van der Waals surface area contributed by atoms with E-state index in [2.05, 4.69) is 27.9 Å². The Balaban J connectivity index is 1.67. The lowest BCUT2D eigenvalue weighted by molar-refractivity contribution is -0.140. The predicted octanol–water partition coefficient (Wildman–Crippen LogP) is 3.95. The number of ether oxygens (including phenoxy) is 1. The highest BCUT2D eigenvalue weighted by Crippen LogP contribution is 2.36. The maximum atomic E-state index is 13.4. The van der Waals surface area contributed by atoms with Gasteiger partial charge < -0.3 is 25.2 Å². The van der Waals surface area contributed by atoms with Crippen molar-refractivity contribution in [1.29, 1.82) is 0 Å². The van der Waals surface area contributed by atoms with Gasteiger partial charge in [-0.25, -0.2) is 0 Å². The van der Waals surface area contributed by atoms with Crippen molar-refractivity contribution in [2.75, 3.05) is 13.2 Å². The molecule has 3 unspecified atom stereocenters. The van der Waals surface area contributed by atoms with Crippen molar-refractivity contribution in [3.8, 4) is 5.75 Å². The van der Waals surface area contributed by atoms with Gasteiger partial charge in [-0.2, -0.15) is 0 Å². The SMILES string of the molecule is O=C(NCCO)C1=CC(Oc2ccccc2I)C(O)C(N(Cc2ccc(Cl)c(Cl)c2)C(=O)C2CC2)C1. The molecule has 0 spiro atoms. The van der Waals surface area contributed by atoms with Crippen LogP contribution in [0.4, 0.5) is 0 Å². The van der Waals surface area contributed by atoms with E-state index in [4.69, 9.17) is 33.0 Å². The van der Waals surface area contributed by atoms with Crippen LogP contribution in [0.25, 0.3) is 0 Å². The number of hydrogen-bond donors (Lipinski definition) is 3. The zero-order chi connectivity index (χ0) is 25.8. The Morgan fingerprint density at radius 2 is 1.89 bits per heavy atom. The van der Waals surface area contributed by atoms with Gasteiger partial charge in [0, 0.05) is 31.0 Å². The van der Waals surface area contributed by atoms with Crippen LogP contribution in [0.2, 0.25) is 10.0 Å². The van der Waals surface area contributed by atoms with E-state index in [-0.39, 0.29) is 43.8 Å². The zero-order valence-electron chi connectivity index (χ0n) is 19.4. The molecule has 0 aromatic heterocycles. The van der Waals surface area contributed by atoms with Crippen LogP contribution in [0.3, 0.4) is 0 Å². The quantitative estimate of drug-likeness (QED) is 0.359. The van der Waals surface area contributed by atoms with E-state index in [1.54, 1.807) is 35.2 Å². The Hall–Kier alpha value is -1.85. The number of hydrogen-bond acceptors (Lipinski definition) is 5. The summed E-state index contributed by atoms with van der Waals surface area (Å²) in [5.41, 5.74) is 1.15. The maximum absolute atomic E-state index is 13.4. The predicted molar refractivity (Wildman–Crippen MR) is 146 cm³/mol. The summed E-state index contributed by atoms with van der Waals surface area (Å²) in [5, 5.41) is 24.1. The molecule has 0 radical (unpaired) electrons. The van der Waals surface area contributed by atoms with Crippen molar-refractivity contribution in [2.45, 2.75) is 44.1 Å². The highest BCUT2D eigenvalue weighted by Gasteiger charge is 2.44. The highest BCUT2D eigenvalue weighted by atomic mass is 127. The minimum Gasteiger partial charge on any atom is -0.482 e. The molecule has 0 saturated heterocycles. The Morgan fingerprint density at radius 3 is 2.56 bits per heavy atom. The average molecular weight is 645 g/mol. The number of carbonyl (C=O) groups excluding carboxylic acids is 2. The molecule has 0 heterocycles. The van der Waals surface area contributed by atoms with Crippen molar-refractivity contribution in [3.05, 3.63) is 73.3 Å². The molecule has 2 aromatic rings. The Morgan fingerprint density at radius 1 is 1.14 bits per heavy atom. The fourth-order valence-corrected chi connectivity index (χ4v) is 5.06. The first-order chi connectivity index (χ1) is 17.3. The fraction of sp³-hybridized carbons (Fsp3) is 0.385. The molecular formula is C26H27Cl2IN2O5. The van der Waals surface area contributed by atoms with E-state index in [1.165, 1.54) is 0 Å². The van der Waals surface area contributed by atoms with Gasteiger partial charge in [-0.15, -0.1) is 0 Å². The molecule has 192 valence electrons. The number of amides is 2. The molecule has 4 rings (SSSR count). The monoisotopic (exact) mass is 644 g/mol. The molecule has 2 aromatic carbocycles. The Bertz CT molecular complexity index is 1160. The van der Waals surface area contributed by atoms with Crippen LogP contribution in [0.5, 0.6) is 5.75 Å². The number of rotatable bonds is 9. The number of aliphatic hydroxyl groups is 2. The van der Waals surface area contributed by atoms with E-state index >= 15 is 0 Å². The van der Waals surface area contributed by atoms with Gasteiger partial charge in [0.05, 0.1) is 26.3 Å². The number of benzene rings is 2. The summed E-state index contributed by atoms with van der Waals surface area (Å²) in [5.74, 6) is 0.0200. The summed E-state index contributed by atoms with van der Waals surface area (Å²) in [6.45, 7) is 0.103. The molecule has 36 heavy (non-hydrogen) atoms. The van der Waals surface area contributed by atoms with Gasteiger partial charge in [0.1, 0.15) is 18.0 Å². The lowest BCUT2D eigenvalue weighted by atomic mass is 9.87. The van der Waals surface area contributed by atoms with Crippen LogP contribution in [-0.4, -0.2) is 58.3 Å². The van der Waals surface area contributed by atoms with Crippen molar-refractivity contribution in [1.82, 2.24) is 10.2 Å². The molecule has 0 bridgehead atoms. The van der Waals surface area contributed by atoms with Crippen molar-refractivity contribution < 1.29 is 24.5 Å². The smallest absolute Gasteiger partial charge is 0.247 e. The number of nitrogens with one attached hydrogen (secondary N) is 1. The largest absolute Gasteiger partial charge is 0.482 e. The van der Waals surface area contributed by atoms with Crippen molar-refractivity contribution in [3.63, 3.8) is 0 Å². The number of carbonyl (C=O) groups is 2. The topological polar surface area (TPSA) is 99.1 Å². The molecule has 3 atom stereocenters. The number of aliphatic hydroxyl groups excluding tert-OH is 2. The van der Waals surface area contributed by atoms with Gasteiger partial charge in [-0.3, -0.25) is 9.59 Å². The van der Waals surface area contributed by atoms with E-state index in [0.29, 0.717) is 21.4 Å². The number of halogens is 3. The third-order valence-corrected chi connectivity index (χ3v) is 7.89. The first kappa shape index (κ1) is 27.2. The summed E-state index contributed by atoms with van der Waals surface area (Å²) in [6.07, 6.45) is 1.39. The molecular weight excluding hydrogens is 618 g/mol. The van der Waals surface area contributed by atoms with E-state index < -0.39 is 18.2 Å². The molecule has 2 aliphatic carbocycles. The van der Waals surface area contributed by atoms with Gasteiger partial charge in [-0.1, -0.05) is 41.4 Å². The van der Waals surface area contributed by atoms with Crippen LogP contribution < -0.4 is 10.1 Å². The van der Waals surface area contributed by atoms with Crippen molar-refractivity contribution >= 4 is 57.6 Å². The van der Waals surface area contributed by atoms with E-state index in [9.17, 15) is 14.7 Å². The molecule has 1 fully saturated rings. The normalized spacial score (nSPS) is 21.5. The van der Waals surface area contributed by atoms with Crippen molar-refractivity contribution in [2.24, 2.45) is 5.92 Å². The third kappa shape index (κ3) is 6.52. The second kappa shape index (κ2) is 12.1. The molecule has 2 amide bonds. The van der Waals surface area contributed by atoms with Gasteiger partial charge in [0.2, 0.25) is 11.8 Å². The average Bonchev–Trinajstić information content (AvgIpc) is 3.71. The maximum Gasteiger partial charge on any atom is 0.247 e. The second-order valence-electron chi connectivity index (χ2n) is 8.94. The van der Waals surface area contributed by atoms with Gasteiger partial charge in [0.25, 0.3) is 0 Å². The minimum atomic E-state index is -1.08. The number of nitrogens with zero attached hydrogens (tertiary/aromatic N) is 1. The number of para-hydroxylation sites is 1. The molecule has 3 N–H and O–H groups in total. The minimum absolute atomic E-state index is 0.0739. The van der Waals surface area contributed by atoms with Crippen LogP contribution >= 0.6 is 45.8 Å². The van der Waals surface area contributed by atoms with Gasteiger partial charge >= 0.3 is 0 Å². The van der Waals surface area contributed by atoms with Gasteiger partial charge in [0.15, 0.2) is 0 Å². The third-order valence-electron chi connectivity index (χ3n) is 6.26. The second-order valence-corrected chi connectivity index (χ2v) is 10.9. The van der Waals surface area contributed by atoms with E-state index in [0.717, 1.165) is 22.0 Å². The standard InChI is InChI=1S/C26H27Cl2IN2O5/c27-18-8-5-15(11-19(18)28)14-31(26(35)16-6-7-16)21-12-17(25(34)30-9-10-32)13-23(24(21)33)36-22-4-2-1-3-20(22)29/h1-5,8,11,13,16,21,23-24,32-33H,6-7,9-10,12,14H2,(H,30,34). The Labute approximate surface area is 233 Å². The molecule has 2 aliphatic rings. The van der Waals surface area contributed by atoms with E-state index in [1.807, 2.05) is 18.2 Å². The summed E-state index contributed by atoms with van der Waals surface area (Å²) in [7, 11) is 0. The van der Waals surface area contributed by atoms with Crippen LogP contribution in [0, 0.1) is 9.49 Å². The first-order valence-corrected chi connectivity index (χ1v) is 13.6. The Kier molecular flexibility index (Phi) is 9.16. The fourth-order valence-electron chi connectivity index (χ4n) is 4.22. The van der Waals surface area contributed by atoms with Gasteiger partial charge in [-0.05, 0) is 71.3 Å². The molecule has 0 aliphatic heterocycles. The summed E-state index contributed by atoms with van der Waals surface area (Å²) < 4.78 is 7.02. The summed E-state index contributed by atoms with van der Waals surface area (Å²) >= 11 is 14.4. The zero-order valence-corrected chi connectivity index (χ0v) is 23.0. The molecule has 7 nitrogen and oxygen atoms in total. The van der Waals surface area contributed by atoms with Crippen LogP contribution in [0.1, 0.15) is 24.8 Å². The lowest BCUT2D eigenvalue weighted by Crippen LogP contribution is -2.55. The van der Waals surface area contributed by atoms with Crippen LogP contribution in [0.15, 0.2) is 54.1 Å².